The van der Waals surface area contributed by atoms with Crippen LogP contribution >= 0.6 is 12.6 Å². The number of methoxy groups -OCH3 is 1. The highest BCUT2D eigenvalue weighted by atomic mass is 32.1. The Bertz CT molecular complexity index is 212. The first-order valence-electron chi connectivity index (χ1n) is 3.48. The van der Waals surface area contributed by atoms with Gasteiger partial charge in [-0.25, -0.2) is 4.98 Å². The Labute approximate surface area is 71.8 Å². The maximum Gasteiger partial charge on any atom is 0.118 e. The predicted octanol–water partition coefficient (Wildman–Crippen LogP) is 0.959. The number of nitrogens with zero attached hydrogens (tertiary/aromatic N) is 2. The zero-order chi connectivity index (χ0) is 8.10. The Hall–Kier alpha value is -0.480. The molecule has 0 aromatic carbocycles. The minimum absolute atomic E-state index is 0.677. The third-order valence-electron chi connectivity index (χ3n) is 1.48. The van der Waals surface area contributed by atoms with E-state index in [-0.39, 0.29) is 0 Å². The molecule has 0 saturated carbocycles. The van der Waals surface area contributed by atoms with Crippen molar-refractivity contribution >= 4 is 12.6 Å². The van der Waals surface area contributed by atoms with E-state index in [0.29, 0.717) is 5.75 Å². The van der Waals surface area contributed by atoms with Gasteiger partial charge in [0.25, 0.3) is 0 Å². The van der Waals surface area contributed by atoms with Gasteiger partial charge in [0.15, 0.2) is 0 Å². The van der Waals surface area contributed by atoms with Crippen LogP contribution in [-0.2, 0) is 17.0 Å². The first kappa shape index (κ1) is 8.62. The van der Waals surface area contributed by atoms with Crippen molar-refractivity contribution in [1.82, 2.24) is 9.55 Å². The van der Waals surface area contributed by atoms with E-state index in [1.165, 1.54) is 0 Å². The van der Waals surface area contributed by atoms with Crippen LogP contribution in [0.2, 0.25) is 0 Å². The molecule has 3 nitrogen and oxygen atoms in total. The highest BCUT2D eigenvalue weighted by molar-refractivity contribution is 7.79. The summed E-state index contributed by atoms with van der Waals surface area (Å²) in [4.78, 5) is 4.12. The number of rotatable bonds is 4. The van der Waals surface area contributed by atoms with Gasteiger partial charge in [-0.1, -0.05) is 0 Å². The minimum atomic E-state index is 0.677. The zero-order valence-electron chi connectivity index (χ0n) is 6.53. The molecule has 1 rings (SSSR count). The highest BCUT2D eigenvalue weighted by Gasteiger charge is 1.97. The minimum Gasteiger partial charge on any atom is -0.383 e. The molecule has 1 aromatic heterocycles. The van der Waals surface area contributed by atoms with E-state index in [2.05, 4.69) is 17.6 Å². The lowest BCUT2D eigenvalue weighted by atomic mass is 10.6. The van der Waals surface area contributed by atoms with Crippen LogP contribution in [0.4, 0.5) is 0 Å². The summed E-state index contributed by atoms with van der Waals surface area (Å²) in [6, 6.07) is 0. The van der Waals surface area contributed by atoms with Crippen LogP contribution in [0, 0.1) is 0 Å². The van der Waals surface area contributed by atoms with Gasteiger partial charge in [-0.05, 0) is 0 Å². The second-order valence-electron chi connectivity index (χ2n) is 2.19. The predicted molar refractivity (Wildman–Crippen MR) is 46.8 cm³/mol. The summed E-state index contributed by atoms with van der Waals surface area (Å²) in [5.41, 5.74) is 0. The molecule has 62 valence electrons. The van der Waals surface area contributed by atoms with E-state index in [0.717, 1.165) is 19.0 Å². The Kier molecular flexibility index (Phi) is 3.45. The number of aromatic nitrogens is 2. The third-order valence-corrected chi connectivity index (χ3v) is 1.76. The van der Waals surface area contributed by atoms with Crippen molar-refractivity contribution in [2.24, 2.45) is 0 Å². The molecule has 0 atom stereocenters. The number of imidazole rings is 1. The molecule has 0 radical (unpaired) electrons. The van der Waals surface area contributed by atoms with Gasteiger partial charge in [0.05, 0.1) is 6.61 Å². The van der Waals surface area contributed by atoms with Gasteiger partial charge in [-0.15, -0.1) is 0 Å². The molecule has 11 heavy (non-hydrogen) atoms. The summed E-state index contributed by atoms with van der Waals surface area (Å²) in [5.74, 6) is 1.67. The monoisotopic (exact) mass is 172 g/mol. The van der Waals surface area contributed by atoms with Crippen molar-refractivity contribution in [3.63, 3.8) is 0 Å². The topological polar surface area (TPSA) is 27.1 Å². The molecule has 0 unspecified atom stereocenters. The Morgan fingerprint density at radius 3 is 3.18 bits per heavy atom. The molecule has 0 N–H and O–H groups in total. The van der Waals surface area contributed by atoms with Crippen molar-refractivity contribution in [1.29, 1.82) is 0 Å². The van der Waals surface area contributed by atoms with Crippen LogP contribution in [-0.4, -0.2) is 23.3 Å². The standard InChI is InChI=1S/C7H12N2OS/c1-10-5-4-9-3-2-8-7(9)6-11/h2-3,11H,4-6H2,1H3. The third kappa shape index (κ3) is 2.24. The largest absolute Gasteiger partial charge is 0.383 e. The first-order chi connectivity index (χ1) is 5.38. The van der Waals surface area contributed by atoms with E-state index in [1.807, 2.05) is 10.8 Å². The van der Waals surface area contributed by atoms with E-state index >= 15 is 0 Å². The molecular weight excluding hydrogens is 160 g/mol. The molecule has 0 amide bonds. The molecule has 0 aliphatic rings. The Balaban J connectivity index is 2.54. The second kappa shape index (κ2) is 4.41. The summed E-state index contributed by atoms with van der Waals surface area (Å²) in [6.45, 7) is 1.57. The van der Waals surface area contributed by atoms with E-state index in [1.54, 1.807) is 13.3 Å². The average molecular weight is 172 g/mol. The summed E-state index contributed by atoms with van der Waals surface area (Å²) < 4.78 is 6.98. The average Bonchev–Trinajstić information content (AvgIpc) is 2.47. The van der Waals surface area contributed by atoms with Crippen molar-refractivity contribution in [2.45, 2.75) is 12.3 Å². The smallest absolute Gasteiger partial charge is 0.118 e. The SMILES string of the molecule is COCCn1ccnc1CS. The number of thiol groups is 1. The fourth-order valence-electron chi connectivity index (χ4n) is 0.885. The lowest BCUT2D eigenvalue weighted by molar-refractivity contribution is 0.186. The van der Waals surface area contributed by atoms with Crippen LogP contribution in [0.5, 0.6) is 0 Å². The molecule has 0 fully saturated rings. The molecule has 0 spiro atoms. The molecule has 1 aromatic rings. The van der Waals surface area contributed by atoms with Crippen LogP contribution < -0.4 is 0 Å². The van der Waals surface area contributed by atoms with Gasteiger partial charge in [0.1, 0.15) is 5.82 Å². The van der Waals surface area contributed by atoms with Gasteiger partial charge in [0, 0.05) is 31.8 Å². The van der Waals surface area contributed by atoms with Crippen LogP contribution in [0.1, 0.15) is 5.82 Å². The van der Waals surface area contributed by atoms with Gasteiger partial charge < -0.3 is 9.30 Å². The molecule has 0 aliphatic carbocycles. The van der Waals surface area contributed by atoms with E-state index in [4.69, 9.17) is 4.74 Å². The number of hydrogen-bond acceptors (Lipinski definition) is 3. The lowest BCUT2D eigenvalue weighted by Crippen LogP contribution is -2.06. The van der Waals surface area contributed by atoms with Crippen LogP contribution in [0.25, 0.3) is 0 Å². The summed E-state index contributed by atoms with van der Waals surface area (Å²) in [7, 11) is 1.69. The van der Waals surface area contributed by atoms with E-state index in [9.17, 15) is 0 Å². The summed E-state index contributed by atoms with van der Waals surface area (Å²) in [6.07, 6.45) is 3.71. The number of hydrogen-bond donors (Lipinski definition) is 1. The highest BCUT2D eigenvalue weighted by Crippen LogP contribution is 2.00. The second-order valence-corrected chi connectivity index (χ2v) is 2.50. The molecule has 0 aliphatic heterocycles. The van der Waals surface area contributed by atoms with Crippen molar-refractivity contribution in [3.8, 4) is 0 Å². The molecule has 4 heteroatoms. The van der Waals surface area contributed by atoms with Gasteiger partial charge in [-0.2, -0.15) is 12.6 Å². The normalized spacial score (nSPS) is 10.4. The van der Waals surface area contributed by atoms with Crippen molar-refractivity contribution in [3.05, 3.63) is 18.2 Å². The Morgan fingerprint density at radius 1 is 1.73 bits per heavy atom. The first-order valence-corrected chi connectivity index (χ1v) is 4.11. The zero-order valence-corrected chi connectivity index (χ0v) is 7.42. The van der Waals surface area contributed by atoms with Crippen molar-refractivity contribution in [2.75, 3.05) is 13.7 Å². The summed E-state index contributed by atoms with van der Waals surface area (Å²) in [5, 5.41) is 0. The van der Waals surface area contributed by atoms with Crippen LogP contribution in [0.3, 0.4) is 0 Å². The van der Waals surface area contributed by atoms with E-state index < -0.39 is 0 Å². The van der Waals surface area contributed by atoms with Crippen LogP contribution in [0.15, 0.2) is 12.4 Å². The van der Waals surface area contributed by atoms with Gasteiger partial charge in [0.2, 0.25) is 0 Å². The molecule has 0 bridgehead atoms. The maximum atomic E-state index is 4.94. The quantitative estimate of drug-likeness (QED) is 0.685. The van der Waals surface area contributed by atoms with Crippen molar-refractivity contribution < 1.29 is 4.74 Å². The molecule has 0 saturated heterocycles. The summed E-state index contributed by atoms with van der Waals surface area (Å²) >= 11 is 4.14. The maximum absolute atomic E-state index is 4.94. The molecular formula is C7H12N2OS. The Morgan fingerprint density at radius 2 is 2.55 bits per heavy atom. The number of ether oxygens (including phenoxy) is 1. The van der Waals surface area contributed by atoms with Gasteiger partial charge in [-0.3, -0.25) is 0 Å². The molecule has 1 heterocycles. The van der Waals surface area contributed by atoms with Gasteiger partial charge >= 0.3 is 0 Å². The fourth-order valence-corrected chi connectivity index (χ4v) is 1.15. The fraction of sp³-hybridized carbons (Fsp3) is 0.571. The lowest BCUT2D eigenvalue weighted by Gasteiger charge is -2.03.